The van der Waals surface area contributed by atoms with Gasteiger partial charge in [0.05, 0.1) is 35.1 Å². The number of amides is 1. The Balaban J connectivity index is 1.73. The molecule has 1 saturated heterocycles. The Morgan fingerprint density at radius 1 is 1.35 bits per heavy atom. The summed E-state index contributed by atoms with van der Waals surface area (Å²) in [5.41, 5.74) is 0.392. The van der Waals surface area contributed by atoms with Crippen LogP contribution in [0.5, 0.6) is 0 Å². The predicted molar refractivity (Wildman–Crippen MR) is 83.6 cm³/mol. The van der Waals surface area contributed by atoms with Crippen LogP contribution < -0.4 is 10.7 Å². The van der Waals surface area contributed by atoms with Crippen LogP contribution in [0, 0.1) is 0 Å². The van der Waals surface area contributed by atoms with Crippen LogP contribution in [-0.4, -0.2) is 44.0 Å². The molecule has 1 aliphatic rings. The van der Waals surface area contributed by atoms with Crippen molar-refractivity contribution in [2.45, 2.75) is 19.0 Å². The van der Waals surface area contributed by atoms with Gasteiger partial charge < -0.3 is 14.8 Å². The number of para-hydroxylation sites is 1. The lowest BCUT2D eigenvalue weighted by atomic mass is 10.2. The Morgan fingerprint density at radius 2 is 2.13 bits per heavy atom. The highest BCUT2D eigenvalue weighted by molar-refractivity contribution is 7.99. The van der Waals surface area contributed by atoms with Gasteiger partial charge in [-0.05, 0) is 12.1 Å². The molecule has 0 spiro atoms. The fourth-order valence-corrected chi connectivity index (χ4v) is 3.67. The highest BCUT2D eigenvalue weighted by Gasteiger charge is 2.29. The molecule has 1 aromatic carbocycles. The van der Waals surface area contributed by atoms with Crippen molar-refractivity contribution in [3.05, 3.63) is 40.9 Å². The first-order valence-corrected chi connectivity index (χ1v) is 8.25. The third-order valence-corrected chi connectivity index (χ3v) is 4.79. The molecule has 1 atom stereocenters. The second-order valence-corrected chi connectivity index (χ2v) is 6.21. The highest BCUT2D eigenvalue weighted by Crippen LogP contribution is 2.21. The zero-order valence-corrected chi connectivity index (χ0v) is 13.0. The van der Waals surface area contributed by atoms with Gasteiger partial charge in [0.1, 0.15) is 0 Å². The van der Waals surface area contributed by atoms with Crippen LogP contribution in [0.25, 0.3) is 10.9 Å². The van der Waals surface area contributed by atoms with Gasteiger partial charge in [-0.15, -0.1) is 11.8 Å². The van der Waals surface area contributed by atoms with Crippen molar-refractivity contribution in [1.82, 2.24) is 14.5 Å². The predicted octanol–water partition coefficient (Wildman–Crippen LogP) is -0.562. The number of hydrogen-bond donors (Lipinski definition) is 0. The molecule has 0 aliphatic carbocycles. The molecule has 1 amide bonds. The van der Waals surface area contributed by atoms with E-state index in [4.69, 9.17) is 0 Å². The molecule has 2 heterocycles. The van der Waals surface area contributed by atoms with Gasteiger partial charge in [0.25, 0.3) is 5.56 Å². The lowest BCUT2D eigenvalue weighted by Gasteiger charge is -2.24. The molecular weight excluding hydrogens is 318 g/mol. The van der Waals surface area contributed by atoms with Crippen LogP contribution in [0.4, 0.5) is 0 Å². The van der Waals surface area contributed by atoms with Gasteiger partial charge in [0.2, 0.25) is 5.91 Å². The fraction of sp³-hybridized carbons (Fsp3) is 0.333. The van der Waals surface area contributed by atoms with Gasteiger partial charge >= 0.3 is 0 Å². The van der Waals surface area contributed by atoms with Crippen LogP contribution in [0.2, 0.25) is 0 Å². The quantitative estimate of drug-likeness (QED) is 0.745. The van der Waals surface area contributed by atoms with Crippen LogP contribution in [0.1, 0.15) is 6.42 Å². The first kappa shape index (κ1) is 15.5. The monoisotopic (exact) mass is 332 g/mol. The minimum atomic E-state index is -1.24. The number of carbonyl (C=O) groups is 2. The number of nitrogens with zero attached hydrogens (tertiary/aromatic N) is 3. The Hall–Kier alpha value is -2.35. The molecule has 2 aromatic rings. The Labute approximate surface area is 135 Å². The summed E-state index contributed by atoms with van der Waals surface area (Å²) in [6, 6.07) is 6.10. The summed E-state index contributed by atoms with van der Waals surface area (Å²) >= 11 is 1.38. The molecule has 7 nitrogen and oxygen atoms in total. The van der Waals surface area contributed by atoms with Crippen molar-refractivity contribution < 1.29 is 14.7 Å². The molecule has 1 aliphatic heterocycles. The number of hydrogen-bond acceptors (Lipinski definition) is 6. The van der Waals surface area contributed by atoms with Gasteiger partial charge in [-0.3, -0.25) is 14.2 Å². The van der Waals surface area contributed by atoms with E-state index in [1.54, 1.807) is 24.3 Å². The third-order valence-electron chi connectivity index (χ3n) is 3.77. The van der Waals surface area contributed by atoms with Gasteiger partial charge in [-0.1, -0.05) is 12.1 Å². The van der Waals surface area contributed by atoms with E-state index < -0.39 is 12.0 Å². The largest absolute Gasteiger partial charge is 0.548 e. The maximum atomic E-state index is 12.3. The Kier molecular flexibility index (Phi) is 4.33. The van der Waals surface area contributed by atoms with E-state index >= 15 is 0 Å². The maximum absolute atomic E-state index is 12.3. The molecule has 0 radical (unpaired) electrons. The summed E-state index contributed by atoms with van der Waals surface area (Å²) in [4.78, 5) is 41.0. The normalized spacial score (nSPS) is 17.6. The Morgan fingerprint density at radius 3 is 2.91 bits per heavy atom. The van der Waals surface area contributed by atoms with Gasteiger partial charge in [-0.25, -0.2) is 4.98 Å². The minimum Gasteiger partial charge on any atom is -0.548 e. The molecular formula is C15H14N3O4S-. The molecule has 1 aromatic heterocycles. The maximum Gasteiger partial charge on any atom is 0.261 e. The minimum absolute atomic E-state index is 0.0459. The molecule has 23 heavy (non-hydrogen) atoms. The van der Waals surface area contributed by atoms with Crippen LogP contribution >= 0.6 is 11.8 Å². The van der Waals surface area contributed by atoms with E-state index in [0.29, 0.717) is 22.5 Å². The lowest BCUT2D eigenvalue weighted by molar-refractivity contribution is -0.310. The average Bonchev–Trinajstić information content (AvgIpc) is 3.04. The molecule has 120 valence electrons. The summed E-state index contributed by atoms with van der Waals surface area (Å²) in [6.07, 6.45) is 1.46. The number of aliphatic carboxylic acids is 1. The van der Waals surface area contributed by atoms with Gasteiger partial charge in [0.15, 0.2) is 0 Å². The summed E-state index contributed by atoms with van der Waals surface area (Å²) in [5, 5.41) is 11.5. The fourth-order valence-electron chi connectivity index (χ4n) is 2.51. The number of aryl methyl sites for hydroxylation is 1. The number of carbonyl (C=O) groups excluding carboxylic acids is 2. The number of thioether (sulfide) groups is 1. The number of carboxylic acid groups (broad SMARTS) is 1. The summed E-state index contributed by atoms with van der Waals surface area (Å²) < 4.78 is 1.37. The number of fused-ring (bicyclic) bond motifs is 1. The van der Waals surface area contributed by atoms with Crippen LogP contribution in [0.15, 0.2) is 35.4 Å². The zero-order chi connectivity index (χ0) is 16.4. The molecule has 0 unspecified atom stereocenters. The topological polar surface area (TPSA) is 95.3 Å². The first-order chi connectivity index (χ1) is 11.1. The zero-order valence-electron chi connectivity index (χ0n) is 12.2. The van der Waals surface area contributed by atoms with Crippen molar-refractivity contribution in [3.8, 4) is 0 Å². The summed E-state index contributed by atoms with van der Waals surface area (Å²) in [7, 11) is 0. The second kappa shape index (κ2) is 6.41. The first-order valence-electron chi connectivity index (χ1n) is 7.10. The molecule has 0 N–H and O–H groups in total. The number of carboxylic acids is 1. The second-order valence-electron chi connectivity index (χ2n) is 5.21. The molecule has 1 fully saturated rings. The third kappa shape index (κ3) is 3.07. The summed E-state index contributed by atoms with van der Waals surface area (Å²) in [5.74, 6) is -0.870. The van der Waals surface area contributed by atoms with E-state index in [1.165, 1.54) is 27.6 Å². The van der Waals surface area contributed by atoms with Crippen molar-refractivity contribution in [2.24, 2.45) is 0 Å². The van der Waals surface area contributed by atoms with E-state index in [2.05, 4.69) is 4.98 Å². The van der Waals surface area contributed by atoms with Crippen molar-refractivity contribution in [1.29, 1.82) is 0 Å². The van der Waals surface area contributed by atoms with Crippen molar-refractivity contribution in [3.63, 3.8) is 0 Å². The van der Waals surface area contributed by atoms with E-state index in [-0.39, 0.29) is 24.4 Å². The summed E-state index contributed by atoms with van der Waals surface area (Å²) in [6.45, 7) is 0.163. The number of benzene rings is 1. The smallest absolute Gasteiger partial charge is 0.261 e. The van der Waals surface area contributed by atoms with E-state index in [9.17, 15) is 19.5 Å². The number of rotatable bonds is 4. The van der Waals surface area contributed by atoms with Gasteiger partial charge in [-0.2, -0.15) is 0 Å². The Bertz CT molecular complexity index is 820. The van der Waals surface area contributed by atoms with Crippen LogP contribution in [0.3, 0.4) is 0 Å². The van der Waals surface area contributed by atoms with Crippen LogP contribution in [-0.2, 0) is 16.1 Å². The molecule has 0 bridgehead atoms. The average molecular weight is 332 g/mol. The molecule has 3 rings (SSSR count). The van der Waals surface area contributed by atoms with Crippen molar-refractivity contribution >= 4 is 34.5 Å². The van der Waals surface area contributed by atoms with E-state index in [1.807, 2.05) is 0 Å². The van der Waals surface area contributed by atoms with Gasteiger partial charge in [0, 0.05) is 18.7 Å². The lowest BCUT2D eigenvalue weighted by Crippen LogP contribution is -2.48. The molecule has 8 heteroatoms. The molecule has 0 saturated carbocycles. The standard InChI is InChI=1S/C15H15N3O4S/c19-13(18-9-23-7-12(18)15(21)22)5-6-17-8-16-11-4-2-1-3-10(11)14(17)20/h1-4,8,12H,5-7,9H2,(H,21,22)/p-1/t12-/m0/s1. The number of aromatic nitrogens is 2. The van der Waals surface area contributed by atoms with E-state index in [0.717, 1.165) is 0 Å². The highest BCUT2D eigenvalue weighted by atomic mass is 32.2. The SMILES string of the molecule is O=C([O-])[C@@H]1CSCN1C(=O)CCn1cnc2ccccc2c1=O. The van der Waals surface area contributed by atoms with Crippen molar-refractivity contribution in [2.75, 3.05) is 11.6 Å².